The van der Waals surface area contributed by atoms with Crippen LogP contribution in [0.5, 0.6) is 0 Å². The number of benzene rings is 1. The van der Waals surface area contributed by atoms with Crippen molar-refractivity contribution >= 4 is 5.91 Å². The number of aliphatic hydroxyl groups is 1. The van der Waals surface area contributed by atoms with Crippen molar-refractivity contribution in [3.8, 4) is 0 Å². The van der Waals surface area contributed by atoms with Gasteiger partial charge in [0.2, 0.25) is 5.91 Å². The summed E-state index contributed by atoms with van der Waals surface area (Å²) in [4.78, 5) is 11.8. The third-order valence-electron chi connectivity index (χ3n) is 3.55. The van der Waals surface area contributed by atoms with Crippen LogP contribution >= 0.6 is 0 Å². The van der Waals surface area contributed by atoms with Crippen LogP contribution in [0.2, 0.25) is 0 Å². The number of hydrogen-bond donors (Lipinski definition) is 2. The van der Waals surface area contributed by atoms with Gasteiger partial charge in [0.05, 0.1) is 6.42 Å². The van der Waals surface area contributed by atoms with E-state index in [0.29, 0.717) is 5.56 Å². The molecular weight excluding hydrogens is 233 g/mol. The number of hydrogen-bond acceptors (Lipinski definition) is 2. The smallest absolute Gasteiger partial charge is 0.224 e. The number of halogens is 1. The summed E-state index contributed by atoms with van der Waals surface area (Å²) in [5, 5.41) is 12.1. The summed E-state index contributed by atoms with van der Waals surface area (Å²) in [5.74, 6) is -0.377. The van der Waals surface area contributed by atoms with E-state index in [1.165, 1.54) is 6.07 Å². The monoisotopic (exact) mass is 251 g/mol. The summed E-state index contributed by atoms with van der Waals surface area (Å²) in [6.45, 7) is 0.102. The first-order valence-electron chi connectivity index (χ1n) is 6.34. The molecule has 2 rings (SSSR count). The first kappa shape index (κ1) is 13.0. The number of rotatable bonds is 4. The molecule has 1 aliphatic carbocycles. The lowest BCUT2D eigenvalue weighted by molar-refractivity contribution is -0.121. The minimum Gasteiger partial charge on any atom is -0.396 e. The lowest BCUT2D eigenvalue weighted by Gasteiger charge is -2.19. The summed E-state index contributed by atoms with van der Waals surface area (Å²) < 4.78 is 13.4. The predicted octanol–water partition coefficient (Wildman–Crippen LogP) is 1.65. The normalized spacial score (nSPS) is 23.0. The van der Waals surface area contributed by atoms with Gasteiger partial charge in [-0.25, -0.2) is 4.39 Å². The molecule has 0 saturated heterocycles. The zero-order chi connectivity index (χ0) is 13.0. The summed E-state index contributed by atoms with van der Waals surface area (Å²) >= 11 is 0. The molecule has 4 heteroatoms. The summed E-state index contributed by atoms with van der Waals surface area (Å²) in [7, 11) is 0. The Kier molecular flexibility index (Phi) is 4.31. The van der Waals surface area contributed by atoms with E-state index < -0.39 is 0 Å². The van der Waals surface area contributed by atoms with Crippen LogP contribution in [0.1, 0.15) is 24.8 Å². The lowest BCUT2D eigenvalue weighted by Crippen LogP contribution is -2.39. The Hall–Kier alpha value is -1.42. The molecule has 0 aliphatic heterocycles. The summed E-state index contributed by atoms with van der Waals surface area (Å²) in [6, 6.07) is 6.34. The van der Waals surface area contributed by atoms with E-state index >= 15 is 0 Å². The zero-order valence-electron chi connectivity index (χ0n) is 10.2. The summed E-state index contributed by atoms with van der Waals surface area (Å²) in [5.41, 5.74) is 0.411. The standard InChI is InChI=1S/C14H18FNO2/c15-12-6-2-1-4-10(12)8-14(18)16-13-7-3-5-11(13)9-17/h1-2,4,6,11,13,17H,3,5,7-9H2,(H,16,18). The molecule has 0 bridgehead atoms. The molecule has 1 fully saturated rings. The largest absolute Gasteiger partial charge is 0.396 e. The molecule has 1 aromatic rings. The molecule has 0 aromatic heterocycles. The molecule has 1 aliphatic rings. The summed E-state index contributed by atoms with van der Waals surface area (Å²) in [6.07, 6.45) is 2.92. The van der Waals surface area contributed by atoms with Crippen molar-refractivity contribution in [1.29, 1.82) is 0 Å². The van der Waals surface area contributed by atoms with E-state index in [2.05, 4.69) is 5.32 Å². The van der Waals surface area contributed by atoms with Crippen molar-refractivity contribution in [1.82, 2.24) is 5.32 Å². The van der Waals surface area contributed by atoms with Crippen molar-refractivity contribution < 1.29 is 14.3 Å². The molecule has 0 heterocycles. The highest BCUT2D eigenvalue weighted by Crippen LogP contribution is 2.25. The number of carbonyl (C=O) groups excluding carboxylic acids is 1. The van der Waals surface area contributed by atoms with E-state index in [9.17, 15) is 14.3 Å². The fraction of sp³-hybridized carbons (Fsp3) is 0.500. The van der Waals surface area contributed by atoms with E-state index in [0.717, 1.165) is 19.3 Å². The average molecular weight is 251 g/mol. The average Bonchev–Trinajstić information content (AvgIpc) is 2.79. The highest BCUT2D eigenvalue weighted by atomic mass is 19.1. The van der Waals surface area contributed by atoms with E-state index in [1.807, 2.05) is 0 Å². The molecule has 18 heavy (non-hydrogen) atoms. The fourth-order valence-corrected chi connectivity index (χ4v) is 2.52. The number of amides is 1. The minimum absolute atomic E-state index is 0.0364. The SMILES string of the molecule is O=C(Cc1ccccc1F)NC1CCCC1CO. The molecule has 98 valence electrons. The third-order valence-corrected chi connectivity index (χ3v) is 3.55. The first-order valence-corrected chi connectivity index (χ1v) is 6.34. The Morgan fingerprint density at radius 1 is 1.39 bits per heavy atom. The van der Waals surface area contributed by atoms with Gasteiger partial charge in [-0.15, -0.1) is 0 Å². The van der Waals surface area contributed by atoms with Crippen LogP contribution in [-0.2, 0) is 11.2 Å². The quantitative estimate of drug-likeness (QED) is 0.854. The van der Waals surface area contributed by atoms with E-state index in [-0.39, 0.29) is 36.7 Å². The van der Waals surface area contributed by atoms with Crippen LogP contribution in [0.15, 0.2) is 24.3 Å². The fourth-order valence-electron chi connectivity index (χ4n) is 2.52. The Morgan fingerprint density at radius 2 is 2.17 bits per heavy atom. The van der Waals surface area contributed by atoms with Gasteiger partial charge in [-0.05, 0) is 24.5 Å². The number of carbonyl (C=O) groups is 1. The molecule has 2 N–H and O–H groups in total. The van der Waals surface area contributed by atoms with Crippen LogP contribution in [0.25, 0.3) is 0 Å². The molecule has 2 atom stereocenters. The molecule has 0 spiro atoms. The molecule has 0 radical (unpaired) electrons. The van der Waals surface area contributed by atoms with E-state index in [1.54, 1.807) is 18.2 Å². The molecule has 1 amide bonds. The van der Waals surface area contributed by atoms with Gasteiger partial charge in [0.1, 0.15) is 5.82 Å². The molecule has 3 nitrogen and oxygen atoms in total. The Morgan fingerprint density at radius 3 is 2.89 bits per heavy atom. The first-order chi connectivity index (χ1) is 8.70. The van der Waals surface area contributed by atoms with Gasteiger partial charge in [0, 0.05) is 18.6 Å². The Labute approximate surface area is 106 Å². The molecule has 2 unspecified atom stereocenters. The van der Waals surface area contributed by atoms with Gasteiger partial charge in [0.25, 0.3) is 0 Å². The second-order valence-corrected chi connectivity index (χ2v) is 4.82. The van der Waals surface area contributed by atoms with Gasteiger partial charge in [0.15, 0.2) is 0 Å². The maximum absolute atomic E-state index is 13.4. The van der Waals surface area contributed by atoms with Crippen LogP contribution in [0.3, 0.4) is 0 Å². The van der Waals surface area contributed by atoms with Crippen molar-refractivity contribution in [2.75, 3.05) is 6.61 Å². The van der Waals surface area contributed by atoms with Crippen molar-refractivity contribution in [2.45, 2.75) is 31.7 Å². The van der Waals surface area contributed by atoms with E-state index in [4.69, 9.17) is 0 Å². The van der Waals surface area contributed by atoms with Crippen LogP contribution < -0.4 is 5.32 Å². The third kappa shape index (κ3) is 3.07. The van der Waals surface area contributed by atoms with Gasteiger partial charge >= 0.3 is 0 Å². The highest BCUT2D eigenvalue weighted by molar-refractivity contribution is 5.79. The second kappa shape index (κ2) is 5.96. The second-order valence-electron chi connectivity index (χ2n) is 4.82. The maximum Gasteiger partial charge on any atom is 0.224 e. The Bertz CT molecular complexity index is 422. The topological polar surface area (TPSA) is 49.3 Å². The minimum atomic E-state index is -0.349. The van der Waals surface area contributed by atoms with Gasteiger partial charge in [-0.3, -0.25) is 4.79 Å². The highest BCUT2D eigenvalue weighted by Gasteiger charge is 2.27. The zero-order valence-corrected chi connectivity index (χ0v) is 10.2. The van der Waals surface area contributed by atoms with Crippen molar-refractivity contribution in [3.63, 3.8) is 0 Å². The predicted molar refractivity (Wildman–Crippen MR) is 66.5 cm³/mol. The van der Waals surface area contributed by atoms with Gasteiger partial charge < -0.3 is 10.4 Å². The van der Waals surface area contributed by atoms with Gasteiger partial charge in [-0.1, -0.05) is 24.6 Å². The molecule has 1 aromatic carbocycles. The van der Waals surface area contributed by atoms with Crippen molar-refractivity contribution in [3.05, 3.63) is 35.6 Å². The van der Waals surface area contributed by atoms with Crippen molar-refractivity contribution in [2.24, 2.45) is 5.92 Å². The lowest BCUT2D eigenvalue weighted by atomic mass is 10.0. The number of aliphatic hydroxyl groups excluding tert-OH is 1. The number of nitrogens with one attached hydrogen (secondary N) is 1. The van der Waals surface area contributed by atoms with Crippen LogP contribution in [-0.4, -0.2) is 23.7 Å². The maximum atomic E-state index is 13.4. The molecular formula is C14H18FNO2. The van der Waals surface area contributed by atoms with Gasteiger partial charge in [-0.2, -0.15) is 0 Å². The Balaban J connectivity index is 1.91. The molecule has 1 saturated carbocycles. The van der Waals surface area contributed by atoms with Crippen LogP contribution in [0.4, 0.5) is 4.39 Å². The van der Waals surface area contributed by atoms with Crippen LogP contribution in [0, 0.1) is 11.7 Å².